The van der Waals surface area contributed by atoms with Crippen molar-refractivity contribution in [2.24, 2.45) is 0 Å². The number of quaternary nitrogens is 1. The average Bonchev–Trinajstić information content (AvgIpc) is 3.37. The second kappa shape index (κ2) is 7.70. The fourth-order valence-corrected chi connectivity index (χ4v) is 5.23. The Hall–Kier alpha value is -2.02. The number of amides is 1. The minimum atomic E-state index is 0.0220. The van der Waals surface area contributed by atoms with Crippen molar-refractivity contribution in [2.75, 3.05) is 13.1 Å². The minimum Gasteiger partial charge on any atom is -0.343 e. The van der Waals surface area contributed by atoms with Gasteiger partial charge in [0.05, 0.1) is 29.7 Å². The molecule has 26 heavy (non-hydrogen) atoms. The Morgan fingerprint density at radius 2 is 2.12 bits per heavy atom. The summed E-state index contributed by atoms with van der Waals surface area (Å²) in [5, 5.41) is 6.20. The van der Waals surface area contributed by atoms with Gasteiger partial charge in [0.1, 0.15) is 16.4 Å². The second-order valence-corrected chi connectivity index (χ2v) is 8.68. The number of rotatable bonds is 5. The first kappa shape index (κ1) is 17.4. The molecular weight excluding hydrogens is 362 g/mol. The van der Waals surface area contributed by atoms with Gasteiger partial charge in [-0.05, 0) is 18.4 Å². The largest absolute Gasteiger partial charge is 0.343 e. The van der Waals surface area contributed by atoms with Gasteiger partial charge in [-0.25, -0.2) is 4.98 Å². The molecular formula is C20H22N3OS2+. The first-order valence-corrected chi connectivity index (χ1v) is 10.6. The van der Waals surface area contributed by atoms with E-state index in [0.29, 0.717) is 0 Å². The Balaban J connectivity index is 1.37. The maximum atomic E-state index is 12.7. The molecule has 4 rings (SSSR count). The fraction of sp³-hybridized carbons (Fsp3) is 0.300. The third-order valence-electron chi connectivity index (χ3n) is 4.75. The lowest BCUT2D eigenvalue weighted by Gasteiger charge is -2.14. The minimum absolute atomic E-state index is 0.0220. The van der Waals surface area contributed by atoms with Crippen molar-refractivity contribution < 1.29 is 9.69 Å². The number of carbonyl (C=O) groups excluding carboxylic acids is 1. The van der Waals surface area contributed by atoms with Crippen molar-refractivity contribution in [1.29, 1.82) is 0 Å². The molecule has 3 aromatic rings. The molecule has 6 heteroatoms. The molecule has 1 unspecified atom stereocenters. The third-order valence-corrected chi connectivity index (χ3v) is 6.94. The van der Waals surface area contributed by atoms with E-state index in [-0.39, 0.29) is 11.9 Å². The Labute approximate surface area is 161 Å². The highest BCUT2D eigenvalue weighted by molar-refractivity contribution is 7.22. The van der Waals surface area contributed by atoms with Crippen LogP contribution in [-0.2, 0) is 6.54 Å². The normalized spacial score (nSPS) is 19.6. The van der Waals surface area contributed by atoms with Gasteiger partial charge in [-0.1, -0.05) is 36.4 Å². The van der Waals surface area contributed by atoms with Crippen LogP contribution in [-0.4, -0.2) is 30.0 Å². The van der Waals surface area contributed by atoms with Crippen LogP contribution in [0.1, 0.15) is 27.3 Å². The predicted octanol–water partition coefficient (Wildman–Crippen LogP) is 2.77. The molecule has 1 fully saturated rings. The van der Waals surface area contributed by atoms with Gasteiger partial charge in [-0.2, -0.15) is 0 Å². The molecule has 0 aliphatic carbocycles. The molecule has 1 amide bonds. The van der Waals surface area contributed by atoms with Crippen molar-refractivity contribution in [3.8, 4) is 9.88 Å². The van der Waals surface area contributed by atoms with E-state index in [1.165, 1.54) is 21.8 Å². The summed E-state index contributed by atoms with van der Waals surface area (Å²) in [6, 6.07) is 14.9. The zero-order valence-electron chi connectivity index (χ0n) is 14.7. The van der Waals surface area contributed by atoms with Gasteiger partial charge in [0.2, 0.25) is 0 Å². The van der Waals surface area contributed by atoms with Gasteiger partial charge in [-0.3, -0.25) is 4.79 Å². The molecule has 0 spiro atoms. The standard InChI is InChI=1S/C20H21N3OS2/c1-14-18(26-20(21-14)17-8-5-11-25-17)19(24)22-16-9-10-23(13-16)12-15-6-3-2-4-7-15/h2-8,11,16H,9-10,12-13H2,1H3,(H,22,24)/p+1/t16-/m0/s1. The number of hydrogen-bond acceptors (Lipinski definition) is 4. The molecule has 4 nitrogen and oxygen atoms in total. The summed E-state index contributed by atoms with van der Waals surface area (Å²) in [7, 11) is 0. The van der Waals surface area contributed by atoms with Crippen LogP contribution in [0.4, 0.5) is 0 Å². The van der Waals surface area contributed by atoms with Crippen LogP contribution in [0.25, 0.3) is 9.88 Å². The number of thiophene rings is 1. The van der Waals surface area contributed by atoms with Crippen LogP contribution in [0, 0.1) is 6.92 Å². The smallest absolute Gasteiger partial charge is 0.263 e. The van der Waals surface area contributed by atoms with E-state index >= 15 is 0 Å². The second-order valence-electron chi connectivity index (χ2n) is 6.74. The summed E-state index contributed by atoms with van der Waals surface area (Å²) in [5.41, 5.74) is 2.18. The van der Waals surface area contributed by atoms with Gasteiger partial charge in [0, 0.05) is 12.0 Å². The summed E-state index contributed by atoms with van der Waals surface area (Å²) in [6.45, 7) is 5.03. The Morgan fingerprint density at radius 3 is 2.88 bits per heavy atom. The molecule has 3 heterocycles. The number of likely N-dealkylation sites (tertiary alicyclic amines) is 1. The summed E-state index contributed by atoms with van der Waals surface area (Å²) < 4.78 is 0. The van der Waals surface area contributed by atoms with Gasteiger partial charge in [0.25, 0.3) is 5.91 Å². The molecule has 2 aromatic heterocycles. The molecule has 1 aromatic carbocycles. The average molecular weight is 385 g/mol. The molecule has 2 N–H and O–H groups in total. The SMILES string of the molecule is Cc1nc(-c2cccs2)sc1C(=O)N[C@H]1CC[NH+](Cc2ccccc2)C1. The lowest BCUT2D eigenvalue weighted by molar-refractivity contribution is -0.901. The molecule has 0 saturated carbocycles. The molecule has 1 saturated heterocycles. The van der Waals surface area contributed by atoms with Crippen molar-refractivity contribution in [2.45, 2.75) is 25.9 Å². The molecule has 0 radical (unpaired) electrons. The van der Waals surface area contributed by atoms with Gasteiger partial charge in [0.15, 0.2) is 0 Å². The molecule has 1 aliphatic rings. The highest BCUT2D eigenvalue weighted by Crippen LogP contribution is 2.31. The number of carbonyl (C=O) groups is 1. The van der Waals surface area contributed by atoms with Crippen LogP contribution in [0.2, 0.25) is 0 Å². The summed E-state index contributed by atoms with van der Waals surface area (Å²) in [5.74, 6) is 0.0220. The molecule has 2 atom stereocenters. The number of thiazole rings is 1. The van der Waals surface area contributed by atoms with Crippen LogP contribution < -0.4 is 10.2 Å². The fourth-order valence-electron chi connectivity index (χ4n) is 3.46. The van der Waals surface area contributed by atoms with Crippen molar-refractivity contribution in [3.05, 3.63) is 64.0 Å². The van der Waals surface area contributed by atoms with Crippen molar-refractivity contribution in [1.82, 2.24) is 10.3 Å². The summed E-state index contributed by atoms with van der Waals surface area (Å²) in [6.07, 6.45) is 1.03. The number of aryl methyl sites for hydroxylation is 1. The van der Waals surface area contributed by atoms with E-state index in [1.54, 1.807) is 11.3 Å². The quantitative estimate of drug-likeness (QED) is 0.711. The van der Waals surface area contributed by atoms with Crippen LogP contribution in [0.15, 0.2) is 47.8 Å². The number of nitrogens with one attached hydrogen (secondary N) is 2. The van der Waals surface area contributed by atoms with E-state index in [0.717, 1.165) is 46.5 Å². The predicted molar refractivity (Wildman–Crippen MR) is 107 cm³/mol. The zero-order chi connectivity index (χ0) is 17.9. The van der Waals surface area contributed by atoms with Crippen molar-refractivity contribution >= 4 is 28.6 Å². The Morgan fingerprint density at radius 1 is 1.27 bits per heavy atom. The van der Waals surface area contributed by atoms with E-state index < -0.39 is 0 Å². The van der Waals surface area contributed by atoms with E-state index in [4.69, 9.17) is 0 Å². The monoisotopic (exact) mass is 384 g/mol. The topological polar surface area (TPSA) is 46.4 Å². The molecule has 1 aliphatic heterocycles. The highest BCUT2D eigenvalue weighted by Gasteiger charge is 2.28. The first-order valence-electron chi connectivity index (χ1n) is 8.88. The van der Waals surface area contributed by atoms with Gasteiger partial charge in [-0.15, -0.1) is 22.7 Å². The number of benzene rings is 1. The Bertz CT molecular complexity index is 874. The lowest BCUT2D eigenvalue weighted by atomic mass is 10.2. The van der Waals surface area contributed by atoms with Crippen LogP contribution in [0.3, 0.4) is 0 Å². The maximum absolute atomic E-state index is 12.7. The third kappa shape index (κ3) is 3.87. The molecule has 134 valence electrons. The molecule has 0 bridgehead atoms. The van der Waals surface area contributed by atoms with E-state index in [9.17, 15) is 4.79 Å². The number of aromatic nitrogens is 1. The highest BCUT2D eigenvalue weighted by atomic mass is 32.1. The first-order chi connectivity index (χ1) is 12.7. The van der Waals surface area contributed by atoms with E-state index in [2.05, 4.69) is 34.6 Å². The number of hydrogen-bond donors (Lipinski definition) is 2. The Kier molecular flexibility index (Phi) is 5.15. The van der Waals surface area contributed by atoms with Crippen LogP contribution >= 0.6 is 22.7 Å². The lowest BCUT2D eigenvalue weighted by Crippen LogP contribution is -3.09. The summed E-state index contributed by atoms with van der Waals surface area (Å²) in [4.78, 5) is 20.7. The maximum Gasteiger partial charge on any atom is 0.263 e. The number of nitrogens with zero attached hydrogens (tertiary/aromatic N) is 1. The summed E-state index contributed by atoms with van der Waals surface area (Å²) >= 11 is 3.15. The zero-order valence-corrected chi connectivity index (χ0v) is 16.3. The van der Waals surface area contributed by atoms with Gasteiger partial charge < -0.3 is 10.2 Å². The van der Waals surface area contributed by atoms with Gasteiger partial charge >= 0.3 is 0 Å². The van der Waals surface area contributed by atoms with Crippen molar-refractivity contribution in [3.63, 3.8) is 0 Å². The van der Waals surface area contributed by atoms with E-state index in [1.807, 2.05) is 30.5 Å². The van der Waals surface area contributed by atoms with Crippen LogP contribution in [0.5, 0.6) is 0 Å².